The van der Waals surface area contributed by atoms with Crippen molar-refractivity contribution in [3.05, 3.63) is 30.1 Å². The van der Waals surface area contributed by atoms with E-state index in [0.29, 0.717) is 16.5 Å². The van der Waals surface area contributed by atoms with E-state index >= 15 is 0 Å². The number of nitrogens with two attached hydrogens (primary N) is 1. The first kappa shape index (κ1) is 13.4. The Balaban J connectivity index is 1.91. The number of anilines is 2. The number of nitrogens with one attached hydrogen (secondary N) is 1. The number of amides is 1. The number of carbonyl (C=O) groups excluding carboxylic acids is 1. The predicted molar refractivity (Wildman–Crippen MR) is 75.9 cm³/mol. The van der Waals surface area contributed by atoms with Crippen LogP contribution in [0.25, 0.3) is 0 Å². The predicted octanol–water partition coefficient (Wildman–Crippen LogP) is 1.44. The van der Waals surface area contributed by atoms with E-state index in [9.17, 15) is 4.79 Å². The van der Waals surface area contributed by atoms with E-state index in [1.807, 2.05) is 26.1 Å². The summed E-state index contributed by atoms with van der Waals surface area (Å²) in [5, 5.41) is 11.1. The molecule has 0 aliphatic rings. The molecule has 2 rings (SSSR count). The molecule has 6 nitrogen and oxygen atoms in total. The molecular formula is C12H15N5OS. The van der Waals surface area contributed by atoms with Crippen molar-refractivity contribution in [1.29, 1.82) is 0 Å². The first-order valence-corrected chi connectivity index (χ1v) is 6.67. The number of rotatable bonds is 4. The van der Waals surface area contributed by atoms with Gasteiger partial charge in [0.15, 0.2) is 5.16 Å². The van der Waals surface area contributed by atoms with Crippen molar-refractivity contribution in [2.75, 3.05) is 16.8 Å². The van der Waals surface area contributed by atoms with Crippen LogP contribution in [0.2, 0.25) is 0 Å². The highest BCUT2D eigenvalue weighted by Crippen LogP contribution is 2.18. The maximum Gasteiger partial charge on any atom is 0.234 e. The molecule has 1 aromatic heterocycles. The lowest BCUT2D eigenvalue weighted by Crippen LogP contribution is -2.14. The zero-order valence-electron chi connectivity index (χ0n) is 10.8. The standard InChI is InChI=1S/C12H15N5OS/c1-8-3-4-9(5-10(8)13)15-11(18)6-19-12-16-14-7-17(12)2/h3-5,7H,6,13H2,1-2H3,(H,15,18). The van der Waals surface area contributed by atoms with Crippen molar-refractivity contribution in [3.8, 4) is 0 Å². The van der Waals surface area contributed by atoms with E-state index in [4.69, 9.17) is 5.73 Å². The van der Waals surface area contributed by atoms with Crippen molar-refractivity contribution in [1.82, 2.24) is 14.8 Å². The topological polar surface area (TPSA) is 85.8 Å². The number of aryl methyl sites for hydroxylation is 2. The Morgan fingerprint density at radius 2 is 2.32 bits per heavy atom. The Morgan fingerprint density at radius 3 is 2.95 bits per heavy atom. The van der Waals surface area contributed by atoms with Crippen molar-refractivity contribution in [3.63, 3.8) is 0 Å². The zero-order chi connectivity index (χ0) is 13.8. The first-order valence-electron chi connectivity index (χ1n) is 5.69. The Labute approximate surface area is 115 Å². The molecule has 0 aliphatic carbocycles. The van der Waals surface area contributed by atoms with Crippen LogP contribution in [0.15, 0.2) is 29.7 Å². The highest BCUT2D eigenvalue weighted by Gasteiger charge is 2.07. The molecule has 0 saturated heterocycles. The number of aromatic nitrogens is 3. The Bertz CT molecular complexity index is 596. The third kappa shape index (κ3) is 3.47. The second kappa shape index (κ2) is 5.75. The minimum Gasteiger partial charge on any atom is -0.398 e. The quantitative estimate of drug-likeness (QED) is 0.652. The average Bonchev–Trinajstić information content (AvgIpc) is 2.77. The molecule has 2 aromatic rings. The number of nitrogen functional groups attached to an aromatic ring is 1. The highest BCUT2D eigenvalue weighted by molar-refractivity contribution is 7.99. The summed E-state index contributed by atoms with van der Waals surface area (Å²) >= 11 is 1.33. The van der Waals surface area contributed by atoms with Crippen LogP contribution in [0.4, 0.5) is 11.4 Å². The fraction of sp³-hybridized carbons (Fsp3) is 0.250. The number of thioether (sulfide) groups is 1. The molecule has 0 saturated carbocycles. The Morgan fingerprint density at radius 1 is 1.53 bits per heavy atom. The summed E-state index contributed by atoms with van der Waals surface area (Å²) in [4.78, 5) is 11.8. The monoisotopic (exact) mass is 277 g/mol. The number of hydrogen-bond donors (Lipinski definition) is 2. The van der Waals surface area contributed by atoms with Crippen molar-refractivity contribution < 1.29 is 4.79 Å². The van der Waals surface area contributed by atoms with Crippen LogP contribution >= 0.6 is 11.8 Å². The van der Waals surface area contributed by atoms with Crippen molar-refractivity contribution in [2.24, 2.45) is 7.05 Å². The molecular weight excluding hydrogens is 262 g/mol. The number of nitrogens with zero attached hydrogens (tertiary/aromatic N) is 3. The van der Waals surface area contributed by atoms with E-state index in [-0.39, 0.29) is 11.7 Å². The number of carbonyl (C=O) groups is 1. The minimum atomic E-state index is -0.101. The number of hydrogen-bond acceptors (Lipinski definition) is 5. The van der Waals surface area contributed by atoms with Gasteiger partial charge in [0, 0.05) is 18.4 Å². The van der Waals surface area contributed by atoms with Crippen LogP contribution in [0.3, 0.4) is 0 Å². The molecule has 19 heavy (non-hydrogen) atoms. The summed E-state index contributed by atoms with van der Waals surface area (Å²) in [5.41, 5.74) is 8.15. The van der Waals surface area contributed by atoms with E-state index in [1.165, 1.54) is 11.8 Å². The summed E-state index contributed by atoms with van der Waals surface area (Å²) in [5.74, 6) is 0.177. The molecule has 1 aromatic carbocycles. The van der Waals surface area contributed by atoms with Crippen LogP contribution in [-0.2, 0) is 11.8 Å². The van der Waals surface area contributed by atoms with Crippen LogP contribution in [-0.4, -0.2) is 26.4 Å². The van der Waals surface area contributed by atoms with Gasteiger partial charge in [0.05, 0.1) is 5.75 Å². The van der Waals surface area contributed by atoms with Gasteiger partial charge in [-0.1, -0.05) is 17.8 Å². The molecule has 0 unspecified atom stereocenters. The molecule has 0 bridgehead atoms. The minimum absolute atomic E-state index is 0.101. The van der Waals surface area contributed by atoms with Crippen LogP contribution in [0.5, 0.6) is 0 Å². The maximum atomic E-state index is 11.8. The van der Waals surface area contributed by atoms with E-state index < -0.39 is 0 Å². The lowest BCUT2D eigenvalue weighted by atomic mass is 10.2. The normalized spacial score (nSPS) is 10.4. The lowest BCUT2D eigenvalue weighted by molar-refractivity contribution is -0.113. The second-order valence-electron chi connectivity index (χ2n) is 4.13. The zero-order valence-corrected chi connectivity index (χ0v) is 11.6. The van der Waals surface area contributed by atoms with Gasteiger partial charge in [0.1, 0.15) is 6.33 Å². The Hall–Kier alpha value is -2.02. The Kier molecular flexibility index (Phi) is 4.06. The molecule has 0 fully saturated rings. The number of benzene rings is 1. The first-order chi connectivity index (χ1) is 9.06. The van der Waals surface area contributed by atoms with E-state index in [0.717, 1.165) is 5.56 Å². The molecule has 0 atom stereocenters. The van der Waals surface area contributed by atoms with Crippen LogP contribution in [0.1, 0.15) is 5.56 Å². The summed E-state index contributed by atoms with van der Waals surface area (Å²) in [6.45, 7) is 1.92. The average molecular weight is 277 g/mol. The van der Waals surface area contributed by atoms with Gasteiger partial charge in [0.25, 0.3) is 0 Å². The van der Waals surface area contributed by atoms with Crippen LogP contribution < -0.4 is 11.1 Å². The lowest BCUT2D eigenvalue weighted by Gasteiger charge is -2.07. The molecule has 3 N–H and O–H groups in total. The molecule has 0 radical (unpaired) electrons. The van der Waals surface area contributed by atoms with Gasteiger partial charge in [-0.3, -0.25) is 4.79 Å². The van der Waals surface area contributed by atoms with Crippen molar-refractivity contribution >= 4 is 29.0 Å². The summed E-state index contributed by atoms with van der Waals surface area (Å²) < 4.78 is 1.77. The van der Waals surface area contributed by atoms with Gasteiger partial charge in [-0.15, -0.1) is 10.2 Å². The van der Waals surface area contributed by atoms with Gasteiger partial charge < -0.3 is 15.6 Å². The molecule has 1 amide bonds. The van der Waals surface area contributed by atoms with Gasteiger partial charge >= 0.3 is 0 Å². The van der Waals surface area contributed by atoms with Gasteiger partial charge in [-0.2, -0.15) is 0 Å². The second-order valence-corrected chi connectivity index (χ2v) is 5.08. The molecule has 1 heterocycles. The molecule has 0 aliphatic heterocycles. The SMILES string of the molecule is Cc1ccc(NC(=O)CSc2nncn2C)cc1N. The van der Waals surface area contributed by atoms with E-state index in [2.05, 4.69) is 15.5 Å². The summed E-state index contributed by atoms with van der Waals surface area (Å²) in [6, 6.07) is 5.46. The fourth-order valence-corrected chi connectivity index (χ4v) is 2.14. The van der Waals surface area contributed by atoms with Gasteiger partial charge in [-0.05, 0) is 24.6 Å². The van der Waals surface area contributed by atoms with Crippen LogP contribution in [0, 0.1) is 6.92 Å². The van der Waals surface area contributed by atoms with E-state index in [1.54, 1.807) is 17.0 Å². The molecule has 7 heteroatoms. The summed E-state index contributed by atoms with van der Waals surface area (Å²) in [7, 11) is 1.83. The van der Waals surface area contributed by atoms with Gasteiger partial charge in [-0.25, -0.2) is 0 Å². The third-order valence-corrected chi connectivity index (χ3v) is 3.60. The smallest absolute Gasteiger partial charge is 0.234 e. The summed E-state index contributed by atoms with van der Waals surface area (Å²) in [6.07, 6.45) is 1.60. The van der Waals surface area contributed by atoms with Gasteiger partial charge in [0.2, 0.25) is 5.91 Å². The third-order valence-electron chi connectivity index (χ3n) is 2.57. The maximum absolute atomic E-state index is 11.8. The molecule has 100 valence electrons. The fourth-order valence-electron chi connectivity index (χ4n) is 1.45. The largest absolute Gasteiger partial charge is 0.398 e. The highest BCUT2D eigenvalue weighted by atomic mass is 32.2. The van der Waals surface area contributed by atoms with Crippen molar-refractivity contribution in [2.45, 2.75) is 12.1 Å². The molecule has 0 spiro atoms.